The van der Waals surface area contributed by atoms with Crippen molar-refractivity contribution in [1.29, 1.82) is 0 Å². The third kappa shape index (κ3) is 4.20. The van der Waals surface area contributed by atoms with E-state index in [4.69, 9.17) is 4.74 Å². The molecule has 2 aromatic carbocycles. The van der Waals surface area contributed by atoms with E-state index >= 15 is 0 Å². The molecule has 132 valence electrons. The van der Waals surface area contributed by atoms with Crippen LogP contribution in [0.2, 0.25) is 0 Å². The number of ether oxygens (including phenoxy) is 1. The van der Waals surface area contributed by atoms with Crippen molar-refractivity contribution < 1.29 is 14.6 Å². The van der Waals surface area contributed by atoms with E-state index in [0.717, 1.165) is 5.56 Å². The van der Waals surface area contributed by atoms with Gasteiger partial charge in [0.1, 0.15) is 6.54 Å². The number of phenols is 1. The number of nitrogens with one attached hydrogen (secondary N) is 1. The van der Waals surface area contributed by atoms with Gasteiger partial charge in [0.2, 0.25) is 5.82 Å². The zero-order valence-corrected chi connectivity index (χ0v) is 13.9. The number of aromatic hydroxyl groups is 1. The van der Waals surface area contributed by atoms with E-state index in [1.54, 1.807) is 12.1 Å². The number of carbonyl (C=O) groups is 1. The number of amides is 1. The maximum Gasteiger partial charge on any atom is 0.263 e. The first-order chi connectivity index (χ1) is 12.7. The number of nitrogens with zero attached hydrogens (tertiary/aromatic N) is 5. The molecule has 0 aliphatic heterocycles. The van der Waals surface area contributed by atoms with E-state index in [2.05, 4.69) is 25.9 Å². The molecule has 3 aromatic rings. The van der Waals surface area contributed by atoms with Crippen LogP contribution in [0.3, 0.4) is 0 Å². The monoisotopic (exact) mass is 352 g/mol. The molecule has 9 nitrogen and oxygen atoms in total. The summed E-state index contributed by atoms with van der Waals surface area (Å²) < 4.78 is 4.96. The number of hydrazone groups is 1. The fourth-order valence-corrected chi connectivity index (χ4v) is 2.14. The highest BCUT2D eigenvalue weighted by atomic mass is 16.5. The number of benzene rings is 2. The Hall–Kier alpha value is -3.75. The molecule has 0 radical (unpaired) electrons. The molecule has 0 saturated carbocycles. The van der Waals surface area contributed by atoms with Gasteiger partial charge >= 0.3 is 0 Å². The van der Waals surface area contributed by atoms with Gasteiger partial charge in [-0.3, -0.25) is 4.79 Å². The third-order valence-electron chi connectivity index (χ3n) is 3.38. The number of hydrogen-bond acceptors (Lipinski definition) is 7. The van der Waals surface area contributed by atoms with Crippen LogP contribution < -0.4 is 10.2 Å². The highest BCUT2D eigenvalue weighted by molar-refractivity contribution is 5.83. The molecule has 0 saturated heterocycles. The SMILES string of the molecule is COc1ccc(/C=N/NC(=O)Cn2nnc(-c3ccccc3)n2)cc1O. The molecule has 0 atom stereocenters. The van der Waals surface area contributed by atoms with E-state index in [9.17, 15) is 9.90 Å². The van der Waals surface area contributed by atoms with Crippen LogP contribution in [-0.4, -0.2) is 44.5 Å². The Labute approximate surface area is 148 Å². The molecule has 0 unspecified atom stereocenters. The number of aromatic nitrogens is 4. The van der Waals surface area contributed by atoms with E-state index in [1.807, 2.05) is 30.3 Å². The molecule has 3 rings (SSSR count). The molecule has 1 aromatic heterocycles. The van der Waals surface area contributed by atoms with Crippen LogP contribution in [0.15, 0.2) is 53.6 Å². The molecule has 0 bridgehead atoms. The van der Waals surface area contributed by atoms with Gasteiger partial charge in [-0.1, -0.05) is 30.3 Å². The number of phenolic OH excluding ortho intramolecular Hbond substituents is 1. The summed E-state index contributed by atoms with van der Waals surface area (Å²) in [6.45, 7) is -0.120. The number of methoxy groups -OCH3 is 1. The number of hydrogen-bond donors (Lipinski definition) is 2. The summed E-state index contributed by atoms with van der Waals surface area (Å²) in [6.07, 6.45) is 1.40. The lowest BCUT2D eigenvalue weighted by atomic mass is 10.2. The fourth-order valence-electron chi connectivity index (χ4n) is 2.14. The number of tetrazole rings is 1. The fraction of sp³-hybridized carbons (Fsp3) is 0.118. The molecule has 9 heteroatoms. The molecule has 1 amide bonds. The Morgan fingerprint density at radius 1 is 1.31 bits per heavy atom. The van der Waals surface area contributed by atoms with Crippen molar-refractivity contribution in [3.8, 4) is 22.9 Å². The average Bonchev–Trinajstić information content (AvgIpc) is 3.11. The van der Waals surface area contributed by atoms with Crippen LogP contribution in [0, 0.1) is 0 Å². The zero-order valence-electron chi connectivity index (χ0n) is 13.9. The Kier molecular flexibility index (Phi) is 5.18. The normalized spacial score (nSPS) is 10.8. The van der Waals surface area contributed by atoms with Gasteiger partial charge in [-0.15, -0.1) is 10.2 Å². The van der Waals surface area contributed by atoms with Crippen LogP contribution >= 0.6 is 0 Å². The summed E-state index contributed by atoms with van der Waals surface area (Å²) in [4.78, 5) is 13.1. The standard InChI is InChI=1S/C17H16N6O3/c1-26-15-8-7-12(9-14(15)24)10-18-19-16(25)11-23-21-17(20-22-23)13-5-3-2-4-6-13/h2-10,24H,11H2,1H3,(H,19,25)/b18-10+. The first-order valence-electron chi connectivity index (χ1n) is 7.68. The van der Waals surface area contributed by atoms with Gasteiger partial charge in [-0.2, -0.15) is 9.90 Å². The molecule has 1 heterocycles. The highest BCUT2D eigenvalue weighted by Crippen LogP contribution is 2.25. The predicted octanol–water partition coefficient (Wildman–Crippen LogP) is 1.20. The van der Waals surface area contributed by atoms with Crippen molar-refractivity contribution in [1.82, 2.24) is 25.6 Å². The van der Waals surface area contributed by atoms with Crippen molar-refractivity contribution in [3.05, 3.63) is 54.1 Å². The summed E-state index contributed by atoms with van der Waals surface area (Å²) in [5, 5.41) is 25.4. The third-order valence-corrected chi connectivity index (χ3v) is 3.38. The van der Waals surface area contributed by atoms with Gasteiger partial charge in [-0.25, -0.2) is 5.43 Å². The van der Waals surface area contributed by atoms with Gasteiger partial charge in [0, 0.05) is 5.56 Å². The van der Waals surface area contributed by atoms with Crippen LogP contribution in [0.25, 0.3) is 11.4 Å². The van der Waals surface area contributed by atoms with Crippen molar-refractivity contribution in [2.24, 2.45) is 5.10 Å². The maximum absolute atomic E-state index is 11.9. The molecule has 26 heavy (non-hydrogen) atoms. The summed E-state index contributed by atoms with van der Waals surface area (Å²) in [5.74, 6) is 0.382. The van der Waals surface area contributed by atoms with Crippen LogP contribution in [-0.2, 0) is 11.3 Å². The van der Waals surface area contributed by atoms with Gasteiger partial charge in [0.25, 0.3) is 5.91 Å². The Bertz CT molecular complexity index is 923. The minimum absolute atomic E-state index is 0.0111. The maximum atomic E-state index is 11.9. The number of rotatable bonds is 6. The molecule has 0 aliphatic rings. The summed E-state index contributed by atoms with van der Waals surface area (Å²) in [5.41, 5.74) is 3.79. The van der Waals surface area contributed by atoms with E-state index in [-0.39, 0.29) is 12.3 Å². The van der Waals surface area contributed by atoms with Crippen LogP contribution in [0.4, 0.5) is 0 Å². The Balaban J connectivity index is 1.56. The summed E-state index contributed by atoms with van der Waals surface area (Å²) in [6, 6.07) is 14.1. The summed E-state index contributed by atoms with van der Waals surface area (Å²) >= 11 is 0. The average molecular weight is 352 g/mol. The number of carbonyl (C=O) groups excluding carboxylic acids is 1. The lowest BCUT2D eigenvalue weighted by Crippen LogP contribution is -2.24. The smallest absolute Gasteiger partial charge is 0.263 e. The zero-order chi connectivity index (χ0) is 18.4. The van der Waals surface area contributed by atoms with E-state index in [0.29, 0.717) is 17.1 Å². The predicted molar refractivity (Wildman–Crippen MR) is 93.6 cm³/mol. The van der Waals surface area contributed by atoms with Crippen LogP contribution in [0.5, 0.6) is 11.5 Å². The second kappa shape index (κ2) is 7.88. The van der Waals surface area contributed by atoms with E-state index in [1.165, 1.54) is 24.2 Å². The highest BCUT2D eigenvalue weighted by Gasteiger charge is 2.08. The second-order valence-corrected chi connectivity index (χ2v) is 5.23. The van der Waals surface area contributed by atoms with Gasteiger partial charge in [-0.05, 0) is 29.0 Å². The molecule has 0 aliphatic carbocycles. The van der Waals surface area contributed by atoms with Crippen molar-refractivity contribution >= 4 is 12.1 Å². The van der Waals surface area contributed by atoms with Gasteiger partial charge in [0.05, 0.1) is 13.3 Å². The first-order valence-corrected chi connectivity index (χ1v) is 7.68. The minimum atomic E-state index is -0.406. The minimum Gasteiger partial charge on any atom is -0.504 e. The van der Waals surface area contributed by atoms with Crippen molar-refractivity contribution in [3.63, 3.8) is 0 Å². The summed E-state index contributed by atoms with van der Waals surface area (Å²) in [7, 11) is 1.46. The lowest BCUT2D eigenvalue weighted by molar-refractivity contribution is -0.122. The largest absolute Gasteiger partial charge is 0.504 e. The Morgan fingerprint density at radius 2 is 2.12 bits per heavy atom. The van der Waals surface area contributed by atoms with Gasteiger partial charge < -0.3 is 9.84 Å². The topological polar surface area (TPSA) is 115 Å². The van der Waals surface area contributed by atoms with Crippen molar-refractivity contribution in [2.75, 3.05) is 7.11 Å². The molecule has 0 spiro atoms. The lowest BCUT2D eigenvalue weighted by Gasteiger charge is -2.03. The molecule has 2 N–H and O–H groups in total. The van der Waals surface area contributed by atoms with Crippen LogP contribution in [0.1, 0.15) is 5.56 Å². The molecule has 0 fully saturated rings. The Morgan fingerprint density at radius 3 is 2.85 bits per heavy atom. The molecular formula is C17H16N6O3. The first kappa shape index (κ1) is 17.1. The quantitative estimate of drug-likeness (QED) is 0.509. The van der Waals surface area contributed by atoms with Gasteiger partial charge in [0.15, 0.2) is 11.5 Å². The molecular weight excluding hydrogens is 336 g/mol. The second-order valence-electron chi connectivity index (χ2n) is 5.23. The van der Waals surface area contributed by atoms with Crippen molar-refractivity contribution in [2.45, 2.75) is 6.54 Å². The van der Waals surface area contributed by atoms with E-state index < -0.39 is 5.91 Å².